The average Bonchev–Trinajstić information content (AvgIpc) is 2.71. The number of nitrogens with zero attached hydrogens (tertiary/aromatic N) is 3. The van der Waals surface area contributed by atoms with Crippen molar-refractivity contribution in [2.24, 2.45) is 0 Å². The maximum Gasteiger partial charge on any atom is 0.325 e. The highest BCUT2D eigenvalue weighted by Gasteiger charge is 2.26. The van der Waals surface area contributed by atoms with Gasteiger partial charge in [0, 0.05) is 0 Å². The Morgan fingerprint density at radius 3 is 2.50 bits per heavy atom. The maximum atomic E-state index is 12.3. The summed E-state index contributed by atoms with van der Waals surface area (Å²) in [6, 6.07) is 6.15. The van der Waals surface area contributed by atoms with E-state index in [-0.39, 0.29) is 10.7 Å². The lowest BCUT2D eigenvalue weighted by atomic mass is 10.2. The van der Waals surface area contributed by atoms with Gasteiger partial charge in [-0.05, 0) is 19.1 Å². The number of carbonyl (C=O) groups is 1. The molecule has 9 heteroatoms. The van der Waals surface area contributed by atoms with Crippen LogP contribution in [0.15, 0.2) is 34.2 Å². The lowest BCUT2D eigenvalue weighted by Gasteiger charge is -2.03. The molecule has 0 spiro atoms. The van der Waals surface area contributed by atoms with Crippen LogP contribution in [-0.2, 0) is 21.2 Å². The molecule has 0 atom stereocenters. The zero-order valence-electron chi connectivity index (χ0n) is 10.5. The Balaban J connectivity index is 2.47. The van der Waals surface area contributed by atoms with Crippen molar-refractivity contribution >= 4 is 21.6 Å². The second-order valence-corrected chi connectivity index (χ2v) is 6.01. The summed E-state index contributed by atoms with van der Waals surface area (Å²) in [4.78, 5) is 10.6. The molecule has 1 aromatic heterocycles. The third kappa shape index (κ3) is 2.48. The highest BCUT2D eigenvalue weighted by Crippen LogP contribution is 2.23. The Labute approximate surface area is 114 Å². The maximum absolute atomic E-state index is 12.3. The molecule has 2 rings (SSSR count). The van der Waals surface area contributed by atoms with E-state index >= 15 is 0 Å². The first-order valence-corrected chi connectivity index (χ1v) is 7.03. The van der Waals surface area contributed by atoms with Gasteiger partial charge in [-0.15, -0.1) is 5.10 Å². The van der Waals surface area contributed by atoms with Crippen molar-refractivity contribution in [3.05, 3.63) is 29.8 Å². The summed E-state index contributed by atoms with van der Waals surface area (Å²) in [7, 11) is -3.91. The Hall–Kier alpha value is -2.42. The third-order valence-corrected chi connectivity index (χ3v) is 4.30. The van der Waals surface area contributed by atoms with Crippen LogP contribution < -0.4 is 5.73 Å². The van der Waals surface area contributed by atoms with Gasteiger partial charge in [0.05, 0.1) is 4.90 Å². The van der Waals surface area contributed by atoms with Crippen LogP contribution in [0, 0.1) is 6.92 Å². The fraction of sp³-hybridized carbons (Fsp3) is 0.182. The highest BCUT2D eigenvalue weighted by atomic mass is 32.2. The van der Waals surface area contributed by atoms with Gasteiger partial charge in [-0.25, -0.2) is 13.1 Å². The number of sulfone groups is 1. The molecule has 1 heterocycles. The first kappa shape index (κ1) is 14.0. The second-order valence-electron chi connectivity index (χ2n) is 4.15. The molecule has 1 aromatic carbocycles. The third-order valence-electron chi connectivity index (χ3n) is 2.61. The summed E-state index contributed by atoms with van der Waals surface area (Å²) in [6.07, 6.45) is 0. The molecule has 0 aliphatic rings. The molecule has 0 amide bonds. The van der Waals surface area contributed by atoms with Gasteiger partial charge in [0.1, 0.15) is 6.54 Å². The van der Waals surface area contributed by atoms with Crippen LogP contribution in [0.4, 0.5) is 5.82 Å². The van der Waals surface area contributed by atoms with Crippen LogP contribution in [0.2, 0.25) is 0 Å². The van der Waals surface area contributed by atoms with Gasteiger partial charge in [-0.1, -0.05) is 22.9 Å². The van der Waals surface area contributed by atoms with E-state index in [9.17, 15) is 13.2 Å². The minimum atomic E-state index is -3.91. The highest BCUT2D eigenvalue weighted by molar-refractivity contribution is 7.91. The van der Waals surface area contributed by atoms with Crippen molar-refractivity contribution in [1.82, 2.24) is 15.0 Å². The van der Waals surface area contributed by atoms with Crippen LogP contribution >= 0.6 is 0 Å². The summed E-state index contributed by atoms with van der Waals surface area (Å²) in [5, 5.41) is 15.1. The van der Waals surface area contributed by atoms with E-state index in [1.165, 1.54) is 12.1 Å². The van der Waals surface area contributed by atoms with Crippen molar-refractivity contribution in [3.8, 4) is 0 Å². The van der Waals surface area contributed by atoms with Gasteiger partial charge < -0.3 is 10.8 Å². The topological polar surface area (TPSA) is 128 Å². The van der Waals surface area contributed by atoms with Crippen LogP contribution in [0.25, 0.3) is 0 Å². The van der Waals surface area contributed by atoms with Crippen molar-refractivity contribution in [2.75, 3.05) is 5.73 Å². The Kier molecular flexibility index (Phi) is 3.45. The van der Waals surface area contributed by atoms with Crippen molar-refractivity contribution in [3.63, 3.8) is 0 Å². The molecule has 0 aliphatic carbocycles. The van der Waals surface area contributed by atoms with Crippen molar-refractivity contribution < 1.29 is 18.3 Å². The van der Waals surface area contributed by atoms with E-state index in [1.807, 2.05) is 6.92 Å². The number of hydrogen-bond acceptors (Lipinski definition) is 6. The van der Waals surface area contributed by atoms with Crippen LogP contribution in [0.3, 0.4) is 0 Å². The van der Waals surface area contributed by atoms with Crippen LogP contribution in [-0.4, -0.2) is 34.5 Å². The molecular formula is C11H12N4O4S. The molecule has 0 unspecified atom stereocenters. The molecule has 3 N–H and O–H groups in total. The average molecular weight is 296 g/mol. The fourth-order valence-electron chi connectivity index (χ4n) is 1.57. The van der Waals surface area contributed by atoms with E-state index < -0.39 is 27.4 Å². The molecule has 0 saturated heterocycles. The smallest absolute Gasteiger partial charge is 0.325 e. The lowest BCUT2D eigenvalue weighted by Crippen LogP contribution is -2.13. The monoisotopic (exact) mass is 296 g/mol. The number of hydrogen-bond donors (Lipinski definition) is 2. The van der Waals surface area contributed by atoms with Gasteiger partial charge in [0.15, 0.2) is 5.82 Å². The molecule has 0 saturated carbocycles. The first-order chi connectivity index (χ1) is 9.32. The summed E-state index contributed by atoms with van der Waals surface area (Å²) < 4.78 is 25.5. The SMILES string of the molecule is Cc1ccc(S(=O)(=O)c2nnn(CC(=O)O)c2N)cc1. The standard InChI is InChI=1S/C11H12N4O4S/c1-7-2-4-8(5-3-7)20(18,19)11-10(12)15(14-13-11)6-9(16)17/h2-5H,6,12H2,1H3,(H,16,17). The number of carboxylic acid groups (broad SMARTS) is 1. The van der Waals surface area contributed by atoms with E-state index in [4.69, 9.17) is 10.8 Å². The molecule has 0 bridgehead atoms. The minimum Gasteiger partial charge on any atom is -0.480 e. The number of rotatable bonds is 4. The van der Waals surface area contributed by atoms with Gasteiger partial charge in [0.2, 0.25) is 14.9 Å². The molecule has 2 aromatic rings. The molecule has 0 fully saturated rings. The summed E-state index contributed by atoms with van der Waals surface area (Å²) in [6.45, 7) is 1.27. The molecule has 8 nitrogen and oxygen atoms in total. The van der Waals surface area contributed by atoms with Crippen LogP contribution in [0.1, 0.15) is 5.56 Å². The fourth-order valence-corrected chi connectivity index (χ4v) is 2.81. The normalized spacial score (nSPS) is 11.4. The number of anilines is 1. The first-order valence-electron chi connectivity index (χ1n) is 5.55. The number of nitrogen functional groups attached to an aromatic ring is 1. The quantitative estimate of drug-likeness (QED) is 0.817. The molecule has 106 valence electrons. The van der Waals surface area contributed by atoms with Crippen molar-refractivity contribution in [1.29, 1.82) is 0 Å². The number of aromatic nitrogens is 3. The van der Waals surface area contributed by atoms with Crippen LogP contribution in [0.5, 0.6) is 0 Å². The predicted molar refractivity (Wildman–Crippen MR) is 68.7 cm³/mol. The van der Waals surface area contributed by atoms with E-state index in [0.717, 1.165) is 10.2 Å². The van der Waals surface area contributed by atoms with Gasteiger partial charge >= 0.3 is 5.97 Å². The summed E-state index contributed by atoms with van der Waals surface area (Å²) in [5.41, 5.74) is 6.51. The van der Waals surface area contributed by atoms with E-state index in [0.29, 0.717) is 0 Å². The molecular weight excluding hydrogens is 284 g/mol. The largest absolute Gasteiger partial charge is 0.480 e. The predicted octanol–water partition coefficient (Wildman–Crippen LogP) is 0.0861. The summed E-state index contributed by atoms with van der Waals surface area (Å²) in [5.74, 6) is -1.49. The van der Waals surface area contributed by atoms with Crippen molar-refractivity contribution in [2.45, 2.75) is 23.4 Å². The Morgan fingerprint density at radius 2 is 1.95 bits per heavy atom. The Bertz CT molecular complexity index is 749. The van der Waals surface area contributed by atoms with Gasteiger partial charge in [0.25, 0.3) is 0 Å². The minimum absolute atomic E-state index is 0.0252. The number of aliphatic carboxylic acids is 1. The van der Waals surface area contributed by atoms with E-state index in [1.54, 1.807) is 12.1 Å². The number of benzene rings is 1. The molecule has 0 aliphatic heterocycles. The zero-order valence-corrected chi connectivity index (χ0v) is 11.3. The lowest BCUT2D eigenvalue weighted by molar-refractivity contribution is -0.137. The number of carboxylic acids is 1. The van der Waals surface area contributed by atoms with Gasteiger partial charge in [-0.3, -0.25) is 4.79 Å². The summed E-state index contributed by atoms with van der Waals surface area (Å²) >= 11 is 0. The van der Waals surface area contributed by atoms with Gasteiger partial charge in [-0.2, -0.15) is 0 Å². The molecule has 20 heavy (non-hydrogen) atoms. The number of aryl methyl sites for hydroxylation is 1. The van der Waals surface area contributed by atoms with E-state index in [2.05, 4.69) is 10.3 Å². The molecule has 0 radical (unpaired) electrons. The number of nitrogens with two attached hydrogens (primary N) is 1. The second kappa shape index (κ2) is 4.93. The zero-order chi connectivity index (χ0) is 14.9. The Morgan fingerprint density at radius 1 is 1.35 bits per heavy atom.